The zero-order chi connectivity index (χ0) is 23.3. The Balaban J connectivity index is 1.32. The number of fused-ring (bicyclic) bond motifs is 2. The lowest BCUT2D eigenvalue weighted by Gasteiger charge is -2.12. The molecule has 0 unspecified atom stereocenters. The third kappa shape index (κ3) is 3.65. The van der Waals surface area contributed by atoms with Crippen molar-refractivity contribution in [1.29, 1.82) is 0 Å². The van der Waals surface area contributed by atoms with Crippen LogP contribution in [-0.4, -0.2) is 44.4 Å². The first-order valence-electron chi connectivity index (χ1n) is 9.92. The highest BCUT2D eigenvalue weighted by Crippen LogP contribution is 2.35. The first-order valence-corrected chi connectivity index (χ1v) is 10.7. The summed E-state index contributed by atoms with van der Waals surface area (Å²) in [6.45, 7) is -0.300. The molecule has 0 atom stereocenters. The maximum atomic E-state index is 12.8. The molecule has 0 aliphatic carbocycles. The fourth-order valence-electron chi connectivity index (χ4n) is 3.72. The Hall–Kier alpha value is -3.99. The summed E-state index contributed by atoms with van der Waals surface area (Å²) in [5.41, 5.74) is 2.44. The third-order valence-corrected chi connectivity index (χ3v) is 6.33. The maximum Gasteiger partial charge on any atom is 0.328 e. The number of hydrogen-bond acceptors (Lipinski definition) is 7. The number of aromatic nitrogens is 2. The Morgan fingerprint density at radius 2 is 1.79 bits per heavy atom. The van der Waals surface area contributed by atoms with Crippen LogP contribution in [0.3, 0.4) is 0 Å². The van der Waals surface area contributed by atoms with E-state index in [9.17, 15) is 19.2 Å². The molecule has 3 amide bonds. The zero-order valence-electron chi connectivity index (χ0n) is 17.7. The number of ether oxygens (including phenoxy) is 2. The maximum absolute atomic E-state index is 12.8. The molecule has 2 aromatic carbocycles. The number of imidazole rings is 1. The molecule has 33 heavy (non-hydrogen) atoms. The summed E-state index contributed by atoms with van der Waals surface area (Å²) < 4.78 is 13.6. The minimum absolute atomic E-state index is 0.114. The van der Waals surface area contributed by atoms with Crippen molar-refractivity contribution in [3.63, 3.8) is 0 Å². The molecule has 3 aromatic rings. The molecule has 0 radical (unpaired) electrons. The molecule has 1 N–H and O–H groups in total. The van der Waals surface area contributed by atoms with Crippen LogP contribution < -0.4 is 20.5 Å². The molecule has 2 aliphatic heterocycles. The number of carbonyl (C=O) groups excluding carboxylic acids is 3. The number of imide groups is 1. The summed E-state index contributed by atoms with van der Waals surface area (Å²) in [4.78, 5) is 50.9. The van der Waals surface area contributed by atoms with Crippen LogP contribution in [0, 0.1) is 0 Å². The molecule has 3 heterocycles. The molecule has 0 spiro atoms. The van der Waals surface area contributed by atoms with Crippen molar-refractivity contribution in [1.82, 2.24) is 14.0 Å². The second-order valence-electron chi connectivity index (χ2n) is 7.53. The molecule has 0 saturated carbocycles. The number of amides is 3. The Labute approximate surface area is 191 Å². The Morgan fingerprint density at radius 3 is 2.61 bits per heavy atom. The quantitative estimate of drug-likeness (QED) is 0.587. The van der Waals surface area contributed by atoms with Gasteiger partial charge in [0.25, 0.3) is 11.1 Å². The van der Waals surface area contributed by atoms with Crippen molar-refractivity contribution < 1.29 is 23.9 Å². The van der Waals surface area contributed by atoms with Gasteiger partial charge in [0.2, 0.25) is 12.7 Å². The first kappa shape index (κ1) is 20.9. The number of benzene rings is 2. The van der Waals surface area contributed by atoms with Crippen LogP contribution in [0.4, 0.5) is 10.5 Å². The second kappa shape index (κ2) is 7.85. The number of thioether (sulfide) groups is 1. The van der Waals surface area contributed by atoms with Gasteiger partial charge in [0.1, 0.15) is 6.54 Å². The molecule has 2 aliphatic rings. The largest absolute Gasteiger partial charge is 0.454 e. The summed E-state index contributed by atoms with van der Waals surface area (Å²) >= 11 is 0.767. The van der Waals surface area contributed by atoms with E-state index >= 15 is 0 Å². The minimum Gasteiger partial charge on any atom is -0.454 e. The lowest BCUT2D eigenvalue weighted by Crippen LogP contribution is -2.36. The molecular formula is C22H18N4O6S. The Morgan fingerprint density at radius 1 is 1.03 bits per heavy atom. The number of aryl methyl sites for hydroxylation is 2. The van der Waals surface area contributed by atoms with Crippen LogP contribution in [0.5, 0.6) is 11.5 Å². The van der Waals surface area contributed by atoms with E-state index < -0.39 is 23.6 Å². The van der Waals surface area contributed by atoms with Crippen LogP contribution in [-0.2, 0) is 23.7 Å². The van der Waals surface area contributed by atoms with Gasteiger partial charge in [-0.25, -0.2) is 4.79 Å². The van der Waals surface area contributed by atoms with E-state index in [2.05, 4.69) is 5.32 Å². The lowest BCUT2D eigenvalue weighted by molar-refractivity contribution is -0.127. The number of nitrogens with zero attached hydrogens (tertiary/aromatic N) is 3. The van der Waals surface area contributed by atoms with E-state index in [1.54, 1.807) is 56.6 Å². The van der Waals surface area contributed by atoms with Crippen molar-refractivity contribution in [3.05, 3.63) is 57.4 Å². The molecule has 5 rings (SSSR count). The van der Waals surface area contributed by atoms with Crippen LogP contribution in [0.25, 0.3) is 17.1 Å². The van der Waals surface area contributed by atoms with Crippen LogP contribution in [0.2, 0.25) is 0 Å². The number of anilines is 1. The van der Waals surface area contributed by atoms with Gasteiger partial charge < -0.3 is 14.8 Å². The number of hydrogen-bond donors (Lipinski definition) is 1. The van der Waals surface area contributed by atoms with E-state index in [1.165, 1.54) is 9.13 Å². The van der Waals surface area contributed by atoms with Gasteiger partial charge in [-0.05, 0) is 47.7 Å². The van der Waals surface area contributed by atoms with Gasteiger partial charge >= 0.3 is 5.69 Å². The average Bonchev–Trinajstić information content (AvgIpc) is 3.42. The van der Waals surface area contributed by atoms with E-state index in [4.69, 9.17) is 9.47 Å². The summed E-state index contributed by atoms with van der Waals surface area (Å²) in [6.07, 6.45) is 1.58. The van der Waals surface area contributed by atoms with Gasteiger partial charge in [0, 0.05) is 25.8 Å². The molecule has 1 fully saturated rings. The van der Waals surface area contributed by atoms with Crippen LogP contribution in [0.15, 0.2) is 46.1 Å². The minimum atomic E-state index is -0.548. The van der Waals surface area contributed by atoms with Crippen molar-refractivity contribution in [3.8, 4) is 11.5 Å². The molecule has 11 heteroatoms. The van der Waals surface area contributed by atoms with Gasteiger partial charge in [-0.15, -0.1) is 0 Å². The van der Waals surface area contributed by atoms with Gasteiger partial charge in [-0.1, -0.05) is 6.07 Å². The number of nitrogens with one attached hydrogen (secondary N) is 1. The number of rotatable bonds is 4. The summed E-state index contributed by atoms with van der Waals surface area (Å²) in [6, 6.07) is 10.2. The molecule has 168 valence electrons. The van der Waals surface area contributed by atoms with Crippen LogP contribution in [0.1, 0.15) is 5.56 Å². The summed E-state index contributed by atoms with van der Waals surface area (Å²) in [7, 11) is 3.35. The van der Waals surface area contributed by atoms with E-state index in [0.717, 1.165) is 22.2 Å². The van der Waals surface area contributed by atoms with E-state index in [0.29, 0.717) is 28.3 Å². The standard InChI is InChI=1S/C22H18N4O6S/c1-24-14-5-3-12(7-15(14)25(2)21(24)29)8-18-20(28)26(22(30)33-18)10-19(27)23-13-4-6-16-17(9-13)32-11-31-16/h3-9H,10-11H2,1-2H3,(H,23,27)/b18-8+. The molecule has 0 bridgehead atoms. The topological polar surface area (TPSA) is 112 Å². The molecule has 10 nitrogen and oxygen atoms in total. The average molecular weight is 466 g/mol. The van der Waals surface area contributed by atoms with Crippen molar-refractivity contribution in [2.24, 2.45) is 14.1 Å². The predicted molar refractivity (Wildman–Crippen MR) is 122 cm³/mol. The lowest BCUT2D eigenvalue weighted by atomic mass is 10.2. The highest BCUT2D eigenvalue weighted by molar-refractivity contribution is 8.18. The highest BCUT2D eigenvalue weighted by atomic mass is 32.2. The summed E-state index contributed by atoms with van der Waals surface area (Å²) in [5, 5.41) is 2.13. The fraction of sp³-hybridized carbons (Fsp3) is 0.182. The normalized spacial score (nSPS) is 16.3. The smallest absolute Gasteiger partial charge is 0.328 e. The fourth-order valence-corrected chi connectivity index (χ4v) is 4.56. The van der Waals surface area contributed by atoms with Crippen molar-refractivity contribution in [2.75, 3.05) is 18.7 Å². The Kier molecular flexibility index (Phi) is 4.97. The zero-order valence-corrected chi connectivity index (χ0v) is 18.5. The third-order valence-electron chi connectivity index (χ3n) is 5.43. The van der Waals surface area contributed by atoms with Crippen molar-refractivity contribution >= 4 is 51.6 Å². The summed E-state index contributed by atoms with van der Waals surface area (Å²) in [5.74, 6) is 0.0265. The monoisotopic (exact) mass is 466 g/mol. The SMILES string of the molecule is Cn1c(=O)n(C)c2cc(/C=C3/SC(=O)N(CC(=O)Nc4ccc5c(c4)OCO5)C3=O)ccc21. The second-order valence-corrected chi connectivity index (χ2v) is 8.53. The molecule has 1 aromatic heterocycles. The van der Waals surface area contributed by atoms with Gasteiger partial charge in [-0.3, -0.25) is 28.4 Å². The van der Waals surface area contributed by atoms with Gasteiger partial charge in [-0.2, -0.15) is 0 Å². The van der Waals surface area contributed by atoms with Gasteiger partial charge in [0.05, 0.1) is 15.9 Å². The highest BCUT2D eigenvalue weighted by Gasteiger charge is 2.36. The molecular weight excluding hydrogens is 448 g/mol. The first-order chi connectivity index (χ1) is 15.8. The van der Waals surface area contributed by atoms with Gasteiger partial charge in [0.15, 0.2) is 11.5 Å². The molecule has 1 saturated heterocycles. The Bertz CT molecular complexity index is 1440. The van der Waals surface area contributed by atoms with Crippen LogP contribution >= 0.6 is 11.8 Å². The van der Waals surface area contributed by atoms with E-state index in [-0.39, 0.29) is 17.4 Å². The predicted octanol–water partition coefficient (Wildman–Crippen LogP) is 2.28. The van der Waals surface area contributed by atoms with E-state index in [1.807, 2.05) is 0 Å². The number of carbonyl (C=O) groups is 3. The van der Waals surface area contributed by atoms with Crippen molar-refractivity contribution in [2.45, 2.75) is 0 Å².